The molecule has 1 saturated carbocycles. The SMILES string of the molecule is CCn1cnnc1C1CN(C(=O)NCC(C)C)CC12CCCCC2. The van der Waals surface area contributed by atoms with Gasteiger partial charge < -0.3 is 14.8 Å². The Bertz CT molecular complexity index is 562. The number of hydrogen-bond acceptors (Lipinski definition) is 3. The van der Waals surface area contributed by atoms with Gasteiger partial charge in [0.1, 0.15) is 12.2 Å². The molecule has 3 rings (SSSR count). The quantitative estimate of drug-likeness (QED) is 0.921. The maximum atomic E-state index is 12.6. The Labute approximate surface area is 145 Å². The number of nitrogens with one attached hydrogen (secondary N) is 1. The van der Waals surface area contributed by atoms with Gasteiger partial charge in [0.2, 0.25) is 0 Å². The molecule has 1 N–H and O–H groups in total. The van der Waals surface area contributed by atoms with E-state index in [4.69, 9.17) is 0 Å². The van der Waals surface area contributed by atoms with Gasteiger partial charge in [0.15, 0.2) is 0 Å². The molecule has 2 aliphatic rings. The fourth-order valence-corrected chi connectivity index (χ4v) is 4.42. The highest BCUT2D eigenvalue weighted by molar-refractivity contribution is 5.74. The third-order valence-electron chi connectivity index (χ3n) is 5.74. The molecule has 1 spiro atoms. The number of carbonyl (C=O) groups is 1. The van der Waals surface area contributed by atoms with E-state index in [1.165, 1.54) is 32.1 Å². The Kier molecular flexibility index (Phi) is 5.11. The van der Waals surface area contributed by atoms with E-state index in [0.717, 1.165) is 32.0 Å². The minimum Gasteiger partial charge on any atom is -0.338 e. The van der Waals surface area contributed by atoms with Crippen LogP contribution in [0.1, 0.15) is 64.6 Å². The van der Waals surface area contributed by atoms with Crippen molar-refractivity contribution in [3.8, 4) is 0 Å². The Hall–Kier alpha value is -1.59. The average molecular weight is 333 g/mol. The molecule has 1 aliphatic carbocycles. The highest BCUT2D eigenvalue weighted by Gasteiger charge is 2.50. The van der Waals surface area contributed by atoms with Gasteiger partial charge in [-0.2, -0.15) is 0 Å². The van der Waals surface area contributed by atoms with Crippen LogP contribution in [-0.2, 0) is 6.54 Å². The van der Waals surface area contributed by atoms with E-state index in [1.807, 2.05) is 11.2 Å². The van der Waals surface area contributed by atoms with Crippen LogP contribution in [0.5, 0.6) is 0 Å². The van der Waals surface area contributed by atoms with Gasteiger partial charge in [-0.1, -0.05) is 33.1 Å². The van der Waals surface area contributed by atoms with Crippen LogP contribution in [0.25, 0.3) is 0 Å². The zero-order valence-electron chi connectivity index (χ0n) is 15.3. The number of nitrogens with zero attached hydrogens (tertiary/aromatic N) is 4. The number of hydrogen-bond donors (Lipinski definition) is 1. The van der Waals surface area contributed by atoms with Gasteiger partial charge in [0.25, 0.3) is 0 Å². The molecule has 24 heavy (non-hydrogen) atoms. The molecule has 0 aromatic carbocycles. The number of amides is 2. The van der Waals surface area contributed by atoms with Crippen LogP contribution in [0.4, 0.5) is 4.79 Å². The van der Waals surface area contributed by atoms with Crippen LogP contribution < -0.4 is 5.32 Å². The first-order valence-electron chi connectivity index (χ1n) is 9.46. The molecule has 134 valence electrons. The second kappa shape index (κ2) is 7.11. The fourth-order valence-electron chi connectivity index (χ4n) is 4.42. The minimum absolute atomic E-state index is 0.0821. The van der Waals surface area contributed by atoms with E-state index >= 15 is 0 Å². The highest BCUT2D eigenvalue weighted by Crippen LogP contribution is 2.51. The topological polar surface area (TPSA) is 63.1 Å². The van der Waals surface area contributed by atoms with Gasteiger partial charge in [-0.15, -0.1) is 10.2 Å². The fraction of sp³-hybridized carbons (Fsp3) is 0.833. The number of urea groups is 1. The lowest BCUT2D eigenvalue weighted by atomic mass is 9.67. The van der Waals surface area contributed by atoms with E-state index in [1.54, 1.807) is 0 Å². The van der Waals surface area contributed by atoms with E-state index in [-0.39, 0.29) is 11.4 Å². The number of carbonyl (C=O) groups excluding carboxylic acids is 1. The summed E-state index contributed by atoms with van der Waals surface area (Å²) in [6.07, 6.45) is 8.06. The third-order valence-corrected chi connectivity index (χ3v) is 5.74. The van der Waals surface area contributed by atoms with Crippen LogP contribution in [-0.4, -0.2) is 45.3 Å². The largest absolute Gasteiger partial charge is 0.338 e. The van der Waals surface area contributed by atoms with Crippen molar-refractivity contribution in [2.75, 3.05) is 19.6 Å². The summed E-state index contributed by atoms with van der Waals surface area (Å²) in [6, 6.07) is 0.0821. The van der Waals surface area contributed by atoms with E-state index in [9.17, 15) is 4.79 Å². The summed E-state index contributed by atoms with van der Waals surface area (Å²) < 4.78 is 2.15. The highest BCUT2D eigenvalue weighted by atomic mass is 16.2. The molecule has 0 bridgehead atoms. The predicted molar refractivity (Wildman–Crippen MR) is 93.8 cm³/mol. The molecule has 1 aromatic heterocycles. The zero-order valence-corrected chi connectivity index (χ0v) is 15.3. The van der Waals surface area contributed by atoms with Crippen LogP contribution in [0.3, 0.4) is 0 Å². The average Bonchev–Trinajstić information content (AvgIpc) is 3.17. The third kappa shape index (κ3) is 3.28. The van der Waals surface area contributed by atoms with Crippen molar-refractivity contribution < 1.29 is 4.79 Å². The minimum atomic E-state index is 0.0821. The van der Waals surface area contributed by atoms with Gasteiger partial charge >= 0.3 is 6.03 Å². The number of aryl methyl sites for hydroxylation is 1. The lowest BCUT2D eigenvalue weighted by Crippen LogP contribution is -2.41. The number of likely N-dealkylation sites (tertiary alicyclic amines) is 1. The summed E-state index contributed by atoms with van der Waals surface area (Å²) in [7, 11) is 0. The second-order valence-corrected chi connectivity index (χ2v) is 7.91. The van der Waals surface area contributed by atoms with Gasteiger partial charge in [-0.3, -0.25) is 0 Å². The first-order valence-corrected chi connectivity index (χ1v) is 9.46. The first-order chi connectivity index (χ1) is 11.6. The molecule has 6 nitrogen and oxygen atoms in total. The Morgan fingerprint density at radius 1 is 1.38 bits per heavy atom. The molecule has 1 aliphatic heterocycles. The zero-order chi connectivity index (χ0) is 17.2. The summed E-state index contributed by atoms with van der Waals surface area (Å²) in [5.41, 5.74) is 0.188. The van der Waals surface area contributed by atoms with Crippen LogP contribution >= 0.6 is 0 Å². The molecule has 1 unspecified atom stereocenters. The Morgan fingerprint density at radius 2 is 2.12 bits per heavy atom. The van der Waals surface area contributed by atoms with Gasteiger partial charge in [0, 0.05) is 32.1 Å². The maximum Gasteiger partial charge on any atom is 0.317 e. The molecule has 2 heterocycles. The van der Waals surface area contributed by atoms with E-state index < -0.39 is 0 Å². The van der Waals surface area contributed by atoms with Gasteiger partial charge in [0.05, 0.1) is 0 Å². The van der Waals surface area contributed by atoms with Crippen molar-refractivity contribution in [3.63, 3.8) is 0 Å². The van der Waals surface area contributed by atoms with Gasteiger partial charge in [-0.25, -0.2) is 4.79 Å². The number of rotatable bonds is 4. The van der Waals surface area contributed by atoms with Crippen LogP contribution in [0, 0.1) is 11.3 Å². The van der Waals surface area contributed by atoms with Crippen molar-refractivity contribution in [2.24, 2.45) is 11.3 Å². The van der Waals surface area contributed by atoms with Crippen molar-refractivity contribution in [1.82, 2.24) is 25.0 Å². The predicted octanol–water partition coefficient (Wildman–Crippen LogP) is 3.01. The number of aromatic nitrogens is 3. The smallest absolute Gasteiger partial charge is 0.317 e. The van der Waals surface area contributed by atoms with Gasteiger partial charge in [-0.05, 0) is 31.1 Å². The molecule has 1 saturated heterocycles. The molecule has 1 atom stereocenters. The van der Waals surface area contributed by atoms with Crippen molar-refractivity contribution in [1.29, 1.82) is 0 Å². The Balaban J connectivity index is 1.81. The van der Waals surface area contributed by atoms with Crippen molar-refractivity contribution >= 4 is 6.03 Å². The summed E-state index contributed by atoms with van der Waals surface area (Å²) in [5, 5.41) is 11.7. The lowest BCUT2D eigenvalue weighted by molar-refractivity contribution is 0.163. The lowest BCUT2D eigenvalue weighted by Gasteiger charge is -2.37. The monoisotopic (exact) mass is 333 g/mol. The van der Waals surface area contributed by atoms with E-state index in [0.29, 0.717) is 11.8 Å². The standard InChI is InChI=1S/C18H31N5O/c1-4-22-13-20-21-16(22)15-11-23(17(24)19-10-14(2)3)12-18(15)8-6-5-7-9-18/h13-15H,4-12H2,1-3H3,(H,19,24). The molecule has 1 aromatic rings. The second-order valence-electron chi connectivity index (χ2n) is 7.91. The molecule has 0 radical (unpaired) electrons. The molecular formula is C18H31N5O. The molecular weight excluding hydrogens is 302 g/mol. The molecule has 6 heteroatoms. The van der Waals surface area contributed by atoms with Crippen LogP contribution in [0.2, 0.25) is 0 Å². The molecule has 2 amide bonds. The van der Waals surface area contributed by atoms with Crippen LogP contribution in [0.15, 0.2) is 6.33 Å². The first kappa shape index (κ1) is 17.2. The Morgan fingerprint density at radius 3 is 2.79 bits per heavy atom. The summed E-state index contributed by atoms with van der Waals surface area (Å²) in [4.78, 5) is 14.6. The molecule has 2 fully saturated rings. The van der Waals surface area contributed by atoms with E-state index in [2.05, 4.69) is 40.9 Å². The van der Waals surface area contributed by atoms with Crippen molar-refractivity contribution in [2.45, 2.75) is 65.3 Å². The summed E-state index contributed by atoms with van der Waals surface area (Å²) >= 11 is 0. The van der Waals surface area contributed by atoms with Crippen molar-refractivity contribution in [3.05, 3.63) is 12.2 Å². The normalized spacial score (nSPS) is 23.2. The summed E-state index contributed by atoms with van der Waals surface area (Å²) in [5.74, 6) is 1.85. The maximum absolute atomic E-state index is 12.6. The summed E-state index contributed by atoms with van der Waals surface area (Å²) in [6.45, 7) is 9.62.